The minimum atomic E-state index is -0.681. The van der Waals surface area contributed by atoms with Crippen LogP contribution in [0.1, 0.15) is 63.9 Å². The van der Waals surface area contributed by atoms with Gasteiger partial charge in [-0.05, 0) is 56.9 Å². The van der Waals surface area contributed by atoms with E-state index in [-0.39, 0.29) is 43.6 Å². The second-order valence-corrected chi connectivity index (χ2v) is 9.79. The summed E-state index contributed by atoms with van der Waals surface area (Å²) in [5, 5.41) is 40.9. The molecule has 0 aromatic heterocycles. The first-order valence-corrected chi connectivity index (χ1v) is 13.8. The molecule has 39 heavy (non-hydrogen) atoms. The molecule has 0 saturated heterocycles. The van der Waals surface area contributed by atoms with E-state index >= 15 is 0 Å². The number of hydrogen-bond donors (Lipinski definition) is 5. The average Bonchev–Trinajstić information content (AvgIpc) is 3.20. The van der Waals surface area contributed by atoms with Gasteiger partial charge in [-0.3, -0.25) is 24.8 Å². The van der Waals surface area contributed by atoms with Gasteiger partial charge in [0.05, 0.1) is 24.2 Å². The molecule has 5 atom stereocenters. The third-order valence-corrected chi connectivity index (χ3v) is 6.76. The number of benzene rings is 1. The van der Waals surface area contributed by atoms with Crippen LogP contribution in [0.15, 0.2) is 54.6 Å². The minimum Gasteiger partial charge on any atom is -0.462 e. The Bertz CT molecular complexity index is 893. The van der Waals surface area contributed by atoms with Gasteiger partial charge in [0.2, 0.25) is 5.91 Å². The molecule has 0 heterocycles. The molecule has 10 nitrogen and oxygen atoms in total. The molecule has 1 fully saturated rings. The summed E-state index contributed by atoms with van der Waals surface area (Å²) in [6, 6.07) is 9.91. The molecule has 1 amide bonds. The van der Waals surface area contributed by atoms with Gasteiger partial charge >= 0.3 is 5.97 Å². The summed E-state index contributed by atoms with van der Waals surface area (Å²) in [7, 11) is 0. The second kappa shape index (κ2) is 18.6. The van der Waals surface area contributed by atoms with Gasteiger partial charge in [-0.15, -0.1) is 0 Å². The topological polar surface area (TPSA) is 149 Å². The number of carbonyl (C=O) groups is 2. The fraction of sp³-hybridized carbons (Fsp3) is 0.586. The van der Waals surface area contributed by atoms with E-state index in [1.165, 1.54) is 0 Å². The maximum absolute atomic E-state index is 12.4. The molecule has 5 N–H and O–H groups in total. The maximum Gasteiger partial charge on any atom is 0.306 e. The zero-order valence-electron chi connectivity index (χ0n) is 22.7. The molecule has 0 aliphatic heterocycles. The Labute approximate surface area is 230 Å². The molecule has 0 bridgehead atoms. The lowest BCUT2D eigenvalue weighted by Crippen LogP contribution is -2.25. The Morgan fingerprint density at radius 3 is 2.64 bits per heavy atom. The first kappa shape index (κ1) is 32.6. The van der Waals surface area contributed by atoms with E-state index in [0.717, 1.165) is 24.8 Å². The Morgan fingerprint density at radius 1 is 1.15 bits per heavy atom. The highest BCUT2D eigenvalue weighted by Gasteiger charge is 2.42. The van der Waals surface area contributed by atoms with Crippen LogP contribution in [0.3, 0.4) is 0 Å². The summed E-state index contributed by atoms with van der Waals surface area (Å²) in [5.74, 6) is -0.908. The summed E-state index contributed by atoms with van der Waals surface area (Å²) >= 11 is 0. The van der Waals surface area contributed by atoms with Crippen LogP contribution < -0.4 is 5.32 Å². The number of amides is 1. The van der Waals surface area contributed by atoms with Crippen molar-refractivity contribution >= 4 is 11.9 Å². The lowest BCUT2D eigenvalue weighted by atomic mass is 9.89. The molecule has 0 spiro atoms. The molecule has 1 aliphatic carbocycles. The summed E-state index contributed by atoms with van der Waals surface area (Å²) in [6.45, 7) is 2.44. The number of ether oxygens (including phenoxy) is 1. The van der Waals surface area contributed by atoms with Gasteiger partial charge in [-0.25, -0.2) is 0 Å². The molecule has 1 aliphatic rings. The highest BCUT2D eigenvalue weighted by atomic mass is 17.1. The third-order valence-electron chi connectivity index (χ3n) is 6.76. The van der Waals surface area contributed by atoms with Gasteiger partial charge in [0.25, 0.3) is 0 Å². The number of unbranched alkanes of at least 4 members (excludes halogenated alkanes) is 1. The van der Waals surface area contributed by atoms with E-state index in [9.17, 15) is 19.8 Å². The highest BCUT2D eigenvalue weighted by Crippen LogP contribution is 2.38. The fourth-order valence-electron chi connectivity index (χ4n) is 4.75. The molecule has 1 aromatic carbocycles. The number of carbonyl (C=O) groups excluding carboxylic acids is 2. The monoisotopic (exact) mass is 548 g/mol. The number of allylic oxidation sites excluding steroid dienone is 2. The van der Waals surface area contributed by atoms with Crippen molar-refractivity contribution in [2.24, 2.45) is 11.8 Å². The normalized spacial score (nSPS) is 22.1. The van der Waals surface area contributed by atoms with Crippen LogP contribution in [0.2, 0.25) is 0 Å². The zero-order valence-corrected chi connectivity index (χ0v) is 22.7. The van der Waals surface area contributed by atoms with E-state index in [1.54, 1.807) is 6.08 Å². The van der Waals surface area contributed by atoms with Crippen LogP contribution in [-0.2, 0) is 25.6 Å². The molecule has 218 valence electrons. The summed E-state index contributed by atoms with van der Waals surface area (Å²) < 4.78 is 5.69. The van der Waals surface area contributed by atoms with Crippen molar-refractivity contribution in [2.75, 3.05) is 13.2 Å². The van der Waals surface area contributed by atoms with E-state index in [4.69, 9.17) is 15.2 Å². The van der Waals surface area contributed by atoms with Gasteiger partial charge in [0.15, 0.2) is 0 Å². The molecule has 10 heteroatoms. The van der Waals surface area contributed by atoms with Crippen molar-refractivity contribution in [1.82, 2.24) is 10.7 Å². The van der Waals surface area contributed by atoms with Crippen molar-refractivity contribution in [3.8, 4) is 0 Å². The van der Waals surface area contributed by atoms with Gasteiger partial charge in [0, 0.05) is 31.7 Å². The molecule has 0 unspecified atom stereocenters. The number of nitrogens with zero attached hydrogens (tertiary/aromatic N) is 1. The van der Waals surface area contributed by atoms with Crippen molar-refractivity contribution in [1.29, 1.82) is 0 Å². The quantitative estimate of drug-likeness (QED) is 0.0804. The molecular formula is C29H44N2O8. The van der Waals surface area contributed by atoms with E-state index in [0.29, 0.717) is 25.8 Å². The number of aliphatic hydroxyl groups excluding tert-OH is 2. The number of esters is 1. The predicted octanol–water partition coefficient (Wildman–Crippen LogP) is 3.49. The number of aliphatic hydroxyl groups is 2. The van der Waals surface area contributed by atoms with E-state index in [2.05, 4.69) is 10.2 Å². The lowest BCUT2D eigenvalue weighted by molar-refractivity contribution is -0.492. The van der Waals surface area contributed by atoms with Gasteiger partial charge < -0.3 is 20.3 Å². The van der Waals surface area contributed by atoms with E-state index in [1.807, 2.05) is 55.5 Å². The summed E-state index contributed by atoms with van der Waals surface area (Å²) in [6.07, 6.45) is 10.0. The Hall–Kier alpha value is -2.60. The molecule has 0 radical (unpaired) electrons. The first-order valence-electron chi connectivity index (χ1n) is 13.8. The SMILES string of the molecule is CCNC(=O)CCC/C=C\C[C@@H]1[C@@H](/C=C/[C@@H](O)CCc2ccccc2)[C@H](OC(=O)CCCON(O)O)C[C@@H]1O. The van der Waals surface area contributed by atoms with Crippen LogP contribution in [-0.4, -0.2) is 69.4 Å². The fourth-order valence-corrected chi connectivity index (χ4v) is 4.75. The van der Waals surface area contributed by atoms with Crippen molar-refractivity contribution < 1.29 is 39.8 Å². The van der Waals surface area contributed by atoms with Crippen LogP contribution in [0, 0.1) is 11.8 Å². The van der Waals surface area contributed by atoms with Crippen LogP contribution in [0.5, 0.6) is 0 Å². The molecular weight excluding hydrogens is 504 g/mol. The van der Waals surface area contributed by atoms with Crippen LogP contribution >= 0.6 is 0 Å². The van der Waals surface area contributed by atoms with Crippen molar-refractivity contribution in [3.05, 3.63) is 60.2 Å². The number of nitrogens with one attached hydrogen (secondary N) is 1. The Balaban J connectivity index is 1.96. The largest absolute Gasteiger partial charge is 0.462 e. The Morgan fingerprint density at radius 2 is 1.92 bits per heavy atom. The summed E-state index contributed by atoms with van der Waals surface area (Å²) in [5.41, 5.74) is 1.14. The molecule has 1 saturated carbocycles. The van der Waals surface area contributed by atoms with Gasteiger partial charge in [0.1, 0.15) is 6.10 Å². The molecule has 1 aromatic rings. The minimum absolute atomic E-state index is 0.0206. The second-order valence-electron chi connectivity index (χ2n) is 9.79. The standard InChI is InChI=1S/C29H44N2O8/c1-2-30-28(34)14-9-4-3-8-13-24-25(19-18-23(32)17-16-22-11-6-5-7-12-22)27(21-26(24)33)39-29(35)15-10-20-38-31(36)37/h3,5-8,11-12,18-19,23-27,32-33,36-37H,2,4,9-10,13-17,20-21H2,1H3,(H,30,34)/b8-3-,19-18+/t23-,24+,25+,26-,27+/m0/s1. The zero-order chi connectivity index (χ0) is 28.5. The van der Waals surface area contributed by atoms with Crippen LogP contribution in [0.25, 0.3) is 0 Å². The third kappa shape index (κ3) is 13.3. The van der Waals surface area contributed by atoms with Crippen molar-refractivity contribution in [2.45, 2.75) is 83.0 Å². The van der Waals surface area contributed by atoms with Gasteiger partial charge in [-0.2, -0.15) is 0 Å². The van der Waals surface area contributed by atoms with Crippen LogP contribution in [0.4, 0.5) is 0 Å². The predicted molar refractivity (Wildman–Crippen MR) is 144 cm³/mol. The highest BCUT2D eigenvalue weighted by molar-refractivity contribution is 5.75. The maximum atomic E-state index is 12.4. The first-order chi connectivity index (χ1) is 18.8. The van der Waals surface area contributed by atoms with E-state index < -0.39 is 29.7 Å². The average molecular weight is 549 g/mol. The number of rotatable bonds is 18. The number of hydrogen-bond acceptors (Lipinski definition) is 9. The van der Waals surface area contributed by atoms with Gasteiger partial charge in [-0.1, -0.05) is 54.6 Å². The lowest BCUT2D eigenvalue weighted by Gasteiger charge is -2.22. The number of aryl methyl sites for hydroxylation is 1. The van der Waals surface area contributed by atoms with Crippen molar-refractivity contribution in [3.63, 3.8) is 0 Å². The summed E-state index contributed by atoms with van der Waals surface area (Å²) in [4.78, 5) is 28.5. The smallest absolute Gasteiger partial charge is 0.306 e. The molecule has 2 rings (SSSR count). The Kier molecular flexibility index (Phi) is 15.6.